The molecule has 0 unspecified atom stereocenters. The van der Waals surface area contributed by atoms with E-state index in [1.807, 2.05) is 19.1 Å². The maximum atomic E-state index is 12.2. The zero-order valence-electron chi connectivity index (χ0n) is 15.4. The Morgan fingerprint density at radius 3 is 1.96 bits per heavy atom. The predicted octanol–water partition coefficient (Wildman–Crippen LogP) is 5.88. The van der Waals surface area contributed by atoms with E-state index in [9.17, 15) is 8.42 Å². The predicted molar refractivity (Wildman–Crippen MR) is 104 cm³/mol. The molecule has 0 aromatic heterocycles. The first-order valence-corrected chi connectivity index (χ1v) is 10.2. The van der Waals surface area contributed by atoms with E-state index in [4.69, 9.17) is 0 Å². The summed E-state index contributed by atoms with van der Waals surface area (Å²) in [5.41, 5.74) is 3.89. The standard InChI is InChI=1S/C21H30O2S/c1-18(2)10-8-11-19(3)12-9-13-20(4)16-17-24(22,23)21-14-6-5-7-15-21/h5-7,10,12,14-16H,8-9,11,13,17H2,1-4H3/b19-12?,20-16+. The summed E-state index contributed by atoms with van der Waals surface area (Å²) in [7, 11) is -3.22. The van der Waals surface area contributed by atoms with Crippen molar-refractivity contribution in [2.45, 2.75) is 58.3 Å². The van der Waals surface area contributed by atoms with Crippen LogP contribution in [0.2, 0.25) is 0 Å². The fourth-order valence-corrected chi connectivity index (χ4v) is 3.58. The van der Waals surface area contributed by atoms with Gasteiger partial charge >= 0.3 is 0 Å². The van der Waals surface area contributed by atoms with Crippen molar-refractivity contribution < 1.29 is 8.42 Å². The van der Waals surface area contributed by atoms with Crippen LogP contribution in [0.4, 0.5) is 0 Å². The van der Waals surface area contributed by atoms with Gasteiger partial charge in [0, 0.05) is 0 Å². The zero-order chi connectivity index (χ0) is 18.0. The third-order valence-corrected chi connectivity index (χ3v) is 5.47. The molecule has 0 aliphatic rings. The molecule has 0 aliphatic heterocycles. The molecule has 3 heteroatoms. The van der Waals surface area contributed by atoms with Gasteiger partial charge in [-0.1, -0.05) is 53.1 Å². The summed E-state index contributed by atoms with van der Waals surface area (Å²) >= 11 is 0. The third kappa shape index (κ3) is 8.30. The van der Waals surface area contributed by atoms with E-state index in [0.717, 1.165) is 31.3 Å². The van der Waals surface area contributed by atoms with Gasteiger partial charge in [-0.15, -0.1) is 0 Å². The second-order valence-electron chi connectivity index (χ2n) is 6.55. The molecule has 0 saturated heterocycles. The van der Waals surface area contributed by atoms with Crippen molar-refractivity contribution in [2.24, 2.45) is 0 Å². The topological polar surface area (TPSA) is 34.1 Å². The molecular formula is C21H30O2S. The molecule has 0 amide bonds. The highest BCUT2D eigenvalue weighted by molar-refractivity contribution is 7.91. The molecule has 1 rings (SSSR count). The molecule has 0 bridgehead atoms. The summed E-state index contributed by atoms with van der Waals surface area (Å²) < 4.78 is 24.5. The van der Waals surface area contributed by atoms with Crippen LogP contribution in [0.3, 0.4) is 0 Å². The first-order valence-electron chi connectivity index (χ1n) is 8.53. The number of benzene rings is 1. The summed E-state index contributed by atoms with van der Waals surface area (Å²) in [5.74, 6) is 0.0755. The summed E-state index contributed by atoms with van der Waals surface area (Å²) in [6, 6.07) is 8.64. The molecule has 0 N–H and O–H groups in total. The molecule has 0 fully saturated rings. The van der Waals surface area contributed by atoms with E-state index in [1.165, 1.54) is 11.1 Å². The Bertz CT molecular complexity index is 689. The third-order valence-electron chi connectivity index (χ3n) is 3.88. The molecule has 1 aromatic carbocycles. The van der Waals surface area contributed by atoms with E-state index >= 15 is 0 Å². The number of sulfone groups is 1. The maximum Gasteiger partial charge on any atom is 0.181 e. The van der Waals surface area contributed by atoms with Gasteiger partial charge in [0.2, 0.25) is 0 Å². The van der Waals surface area contributed by atoms with Crippen molar-refractivity contribution in [1.82, 2.24) is 0 Å². The van der Waals surface area contributed by atoms with Gasteiger partial charge in [0.1, 0.15) is 0 Å². The van der Waals surface area contributed by atoms with Crippen LogP contribution in [0.1, 0.15) is 53.4 Å². The largest absolute Gasteiger partial charge is 0.223 e. The van der Waals surface area contributed by atoms with Crippen LogP contribution < -0.4 is 0 Å². The van der Waals surface area contributed by atoms with E-state index in [0.29, 0.717) is 4.90 Å². The Morgan fingerprint density at radius 2 is 1.38 bits per heavy atom. The van der Waals surface area contributed by atoms with Gasteiger partial charge < -0.3 is 0 Å². The normalized spacial score (nSPS) is 13.0. The van der Waals surface area contributed by atoms with E-state index in [-0.39, 0.29) is 5.75 Å². The molecule has 24 heavy (non-hydrogen) atoms. The Labute approximate surface area is 147 Å². The van der Waals surface area contributed by atoms with Crippen LogP contribution >= 0.6 is 0 Å². The number of allylic oxidation sites excluding steroid dienone is 5. The van der Waals surface area contributed by atoms with Crippen LogP contribution in [0.15, 0.2) is 70.2 Å². The Hall–Kier alpha value is -1.61. The quantitative estimate of drug-likeness (QED) is 0.523. The van der Waals surface area contributed by atoms with Crippen molar-refractivity contribution in [3.05, 3.63) is 65.3 Å². The number of rotatable bonds is 9. The summed E-state index contributed by atoms with van der Waals surface area (Å²) in [5, 5.41) is 0. The molecular weight excluding hydrogens is 316 g/mol. The van der Waals surface area contributed by atoms with Crippen LogP contribution in [0.5, 0.6) is 0 Å². The minimum Gasteiger partial charge on any atom is -0.223 e. The molecule has 0 atom stereocenters. The summed E-state index contributed by atoms with van der Waals surface area (Å²) in [6.45, 7) is 8.41. The Kier molecular flexibility index (Phi) is 8.77. The SMILES string of the molecule is CC(C)=CCCC(C)=CCC/C(C)=C/CS(=O)(=O)c1ccccc1. The van der Waals surface area contributed by atoms with Crippen LogP contribution in [-0.2, 0) is 9.84 Å². The van der Waals surface area contributed by atoms with Crippen LogP contribution in [0, 0.1) is 0 Å². The lowest BCUT2D eigenvalue weighted by molar-refractivity contribution is 0.599. The smallest absolute Gasteiger partial charge is 0.181 e. The van der Waals surface area contributed by atoms with Gasteiger partial charge in [-0.2, -0.15) is 0 Å². The zero-order valence-corrected chi connectivity index (χ0v) is 16.2. The molecule has 0 aliphatic carbocycles. The first kappa shape index (κ1) is 20.4. The molecule has 0 spiro atoms. The fraction of sp³-hybridized carbons (Fsp3) is 0.429. The minimum absolute atomic E-state index is 0.0755. The lowest BCUT2D eigenvalue weighted by atomic mass is 10.1. The molecule has 1 aromatic rings. The van der Waals surface area contributed by atoms with Crippen LogP contribution in [0.25, 0.3) is 0 Å². The number of hydrogen-bond donors (Lipinski definition) is 0. The van der Waals surface area contributed by atoms with E-state index < -0.39 is 9.84 Å². The van der Waals surface area contributed by atoms with Crippen molar-refractivity contribution in [3.8, 4) is 0 Å². The van der Waals surface area contributed by atoms with Gasteiger partial charge in [0.15, 0.2) is 9.84 Å². The lowest BCUT2D eigenvalue weighted by Gasteiger charge is -2.03. The Morgan fingerprint density at radius 1 is 0.833 bits per heavy atom. The highest BCUT2D eigenvalue weighted by Gasteiger charge is 2.11. The monoisotopic (exact) mass is 346 g/mol. The molecule has 0 saturated carbocycles. The fourth-order valence-electron chi connectivity index (χ4n) is 2.31. The first-order chi connectivity index (χ1) is 11.3. The minimum atomic E-state index is -3.22. The van der Waals surface area contributed by atoms with Gasteiger partial charge in [0.25, 0.3) is 0 Å². The van der Waals surface area contributed by atoms with Crippen molar-refractivity contribution >= 4 is 9.84 Å². The highest BCUT2D eigenvalue weighted by Crippen LogP contribution is 2.14. The highest BCUT2D eigenvalue weighted by atomic mass is 32.2. The van der Waals surface area contributed by atoms with Gasteiger partial charge in [-0.3, -0.25) is 0 Å². The maximum absolute atomic E-state index is 12.2. The van der Waals surface area contributed by atoms with E-state index in [1.54, 1.807) is 24.3 Å². The van der Waals surface area contributed by atoms with Crippen molar-refractivity contribution in [1.29, 1.82) is 0 Å². The number of hydrogen-bond acceptors (Lipinski definition) is 2. The summed E-state index contributed by atoms with van der Waals surface area (Å²) in [6.07, 6.45) is 10.4. The van der Waals surface area contributed by atoms with Gasteiger partial charge in [-0.05, 0) is 65.5 Å². The average molecular weight is 347 g/mol. The molecule has 132 valence electrons. The second kappa shape index (κ2) is 10.3. The molecule has 0 heterocycles. The second-order valence-corrected chi connectivity index (χ2v) is 8.59. The molecule has 2 nitrogen and oxygen atoms in total. The van der Waals surface area contributed by atoms with Crippen molar-refractivity contribution in [2.75, 3.05) is 5.75 Å². The Balaban J connectivity index is 2.46. The van der Waals surface area contributed by atoms with Gasteiger partial charge in [0.05, 0.1) is 10.6 Å². The average Bonchev–Trinajstić information content (AvgIpc) is 2.53. The van der Waals surface area contributed by atoms with Crippen molar-refractivity contribution in [3.63, 3.8) is 0 Å². The van der Waals surface area contributed by atoms with E-state index in [2.05, 4.69) is 32.9 Å². The summed E-state index contributed by atoms with van der Waals surface area (Å²) in [4.78, 5) is 0.393. The lowest BCUT2D eigenvalue weighted by Crippen LogP contribution is -2.04. The van der Waals surface area contributed by atoms with Crippen LogP contribution in [-0.4, -0.2) is 14.2 Å². The molecule has 0 radical (unpaired) electrons. The van der Waals surface area contributed by atoms with Gasteiger partial charge in [-0.25, -0.2) is 8.42 Å².